The van der Waals surface area contributed by atoms with Crippen LogP contribution in [0.3, 0.4) is 0 Å². The van der Waals surface area contributed by atoms with Crippen molar-refractivity contribution in [1.82, 2.24) is 15.6 Å². The van der Waals surface area contributed by atoms with Gasteiger partial charge in [0, 0.05) is 22.9 Å². The molecule has 7 heteroatoms. The van der Waals surface area contributed by atoms with Gasteiger partial charge in [0.25, 0.3) is 0 Å². The summed E-state index contributed by atoms with van der Waals surface area (Å²) in [5.74, 6) is 1.68. The molecule has 3 aromatic rings. The average Bonchev–Trinajstić information content (AvgIpc) is 3.07. The fourth-order valence-corrected chi connectivity index (χ4v) is 3.56. The maximum atomic E-state index is 5.93. The van der Waals surface area contributed by atoms with Crippen LogP contribution >= 0.6 is 35.3 Å². The second-order valence-corrected chi connectivity index (χ2v) is 6.95. The summed E-state index contributed by atoms with van der Waals surface area (Å²) in [6.45, 7) is 7.46. The summed E-state index contributed by atoms with van der Waals surface area (Å²) < 4.78 is 5.93. The minimum atomic E-state index is 0. The Labute approximate surface area is 169 Å². The number of fused-ring (bicyclic) bond motifs is 1. The number of aryl methyl sites for hydroxylation is 3. The van der Waals surface area contributed by atoms with Gasteiger partial charge in [-0.05, 0) is 26.8 Å². The van der Waals surface area contributed by atoms with E-state index in [1.165, 1.54) is 10.4 Å². The fourth-order valence-electron chi connectivity index (χ4n) is 2.68. The lowest BCUT2D eigenvalue weighted by atomic mass is 10.1. The second kappa shape index (κ2) is 8.66. The first-order valence-electron chi connectivity index (χ1n) is 7.93. The van der Waals surface area contributed by atoms with E-state index in [4.69, 9.17) is 4.42 Å². The number of aromatic nitrogens is 1. The van der Waals surface area contributed by atoms with Crippen molar-refractivity contribution >= 4 is 52.2 Å². The van der Waals surface area contributed by atoms with Crippen LogP contribution in [0.4, 0.5) is 0 Å². The first-order valence-corrected chi connectivity index (χ1v) is 8.74. The average molecular weight is 470 g/mol. The van der Waals surface area contributed by atoms with Gasteiger partial charge in [-0.25, -0.2) is 4.98 Å². The van der Waals surface area contributed by atoms with Gasteiger partial charge < -0.3 is 15.1 Å². The molecular formula is C18H23IN4OS. The van der Waals surface area contributed by atoms with Crippen molar-refractivity contribution < 1.29 is 4.42 Å². The van der Waals surface area contributed by atoms with Crippen LogP contribution < -0.4 is 10.6 Å². The Bertz CT molecular complexity index is 884. The van der Waals surface area contributed by atoms with Gasteiger partial charge in [-0.15, -0.1) is 35.3 Å². The first kappa shape index (κ1) is 19.7. The molecule has 0 amide bonds. The molecule has 0 aliphatic heterocycles. The maximum Gasteiger partial charge on any atom is 0.191 e. The van der Waals surface area contributed by atoms with Crippen molar-refractivity contribution in [3.8, 4) is 0 Å². The van der Waals surface area contributed by atoms with Crippen molar-refractivity contribution in [1.29, 1.82) is 0 Å². The van der Waals surface area contributed by atoms with E-state index in [-0.39, 0.29) is 24.0 Å². The zero-order chi connectivity index (χ0) is 17.1. The molecule has 0 spiro atoms. The van der Waals surface area contributed by atoms with E-state index >= 15 is 0 Å². The number of para-hydroxylation sites is 1. The smallest absolute Gasteiger partial charge is 0.191 e. The van der Waals surface area contributed by atoms with E-state index in [9.17, 15) is 0 Å². The molecule has 0 unspecified atom stereocenters. The number of aliphatic imine (C=N–C) groups is 1. The van der Waals surface area contributed by atoms with E-state index in [1.54, 1.807) is 18.4 Å². The minimum absolute atomic E-state index is 0. The Morgan fingerprint density at radius 1 is 1.16 bits per heavy atom. The quantitative estimate of drug-likeness (QED) is 0.339. The van der Waals surface area contributed by atoms with Gasteiger partial charge in [-0.1, -0.05) is 18.2 Å². The van der Waals surface area contributed by atoms with E-state index in [0.717, 1.165) is 39.9 Å². The predicted octanol–water partition coefficient (Wildman–Crippen LogP) is 4.30. The third-order valence-electron chi connectivity index (χ3n) is 4.00. The van der Waals surface area contributed by atoms with Crippen molar-refractivity contribution in [3.05, 3.63) is 51.2 Å². The molecule has 0 atom stereocenters. The third-order valence-corrected chi connectivity index (χ3v) is 5.07. The molecule has 134 valence electrons. The zero-order valence-corrected chi connectivity index (χ0v) is 18.0. The molecule has 0 bridgehead atoms. The topological polar surface area (TPSA) is 62.5 Å². The first-order chi connectivity index (χ1) is 11.6. The summed E-state index contributed by atoms with van der Waals surface area (Å²) in [4.78, 5) is 9.95. The van der Waals surface area contributed by atoms with Crippen LogP contribution in [-0.2, 0) is 13.1 Å². The van der Waals surface area contributed by atoms with E-state index < -0.39 is 0 Å². The van der Waals surface area contributed by atoms with E-state index in [2.05, 4.69) is 33.6 Å². The highest BCUT2D eigenvalue weighted by molar-refractivity contribution is 14.0. The number of furan rings is 1. The number of nitrogens with zero attached hydrogens (tertiary/aromatic N) is 2. The van der Waals surface area contributed by atoms with Crippen molar-refractivity contribution in [2.45, 2.75) is 33.9 Å². The van der Waals surface area contributed by atoms with Crippen molar-refractivity contribution in [3.63, 3.8) is 0 Å². The molecule has 0 radical (unpaired) electrons. The van der Waals surface area contributed by atoms with Crippen LogP contribution in [0, 0.1) is 20.8 Å². The maximum absolute atomic E-state index is 5.93. The highest BCUT2D eigenvalue weighted by Crippen LogP contribution is 2.24. The van der Waals surface area contributed by atoms with Crippen LogP contribution in [-0.4, -0.2) is 18.0 Å². The lowest BCUT2D eigenvalue weighted by Gasteiger charge is -2.10. The lowest BCUT2D eigenvalue weighted by molar-refractivity contribution is 0.534. The molecule has 2 N–H and O–H groups in total. The van der Waals surface area contributed by atoms with Crippen LogP contribution in [0.5, 0.6) is 0 Å². The Hall–Kier alpha value is -1.61. The number of nitrogens with one attached hydrogen (secondary N) is 2. The molecule has 5 nitrogen and oxygen atoms in total. The monoisotopic (exact) mass is 470 g/mol. The molecular weight excluding hydrogens is 447 g/mol. The molecule has 0 fully saturated rings. The summed E-state index contributed by atoms with van der Waals surface area (Å²) >= 11 is 1.71. The molecule has 1 aromatic carbocycles. The number of rotatable bonds is 4. The number of hydrogen-bond donors (Lipinski definition) is 2. The minimum Gasteiger partial charge on any atom is -0.459 e. The third kappa shape index (κ3) is 4.52. The summed E-state index contributed by atoms with van der Waals surface area (Å²) in [5.41, 5.74) is 3.17. The predicted molar refractivity (Wildman–Crippen MR) is 115 cm³/mol. The van der Waals surface area contributed by atoms with Gasteiger partial charge >= 0.3 is 0 Å². The molecule has 0 saturated carbocycles. The molecule has 2 aromatic heterocycles. The Kier molecular flexibility index (Phi) is 6.83. The van der Waals surface area contributed by atoms with Gasteiger partial charge in [0.1, 0.15) is 11.3 Å². The molecule has 25 heavy (non-hydrogen) atoms. The Balaban J connectivity index is 0.00000225. The van der Waals surface area contributed by atoms with Gasteiger partial charge in [0.2, 0.25) is 0 Å². The Morgan fingerprint density at radius 3 is 2.52 bits per heavy atom. The fraction of sp³-hybridized carbons (Fsp3) is 0.333. The van der Waals surface area contributed by atoms with E-state index in [0.29, 0.717) is 6.54 Å². The van der Waals surface area contributed by atoms with Crippen LogP contribution in [0.25, 0.3) is 11.0 Å². The highest BCUT2D eigenvalue weighted by atomic mass is 127. The second-order valence-electron chi connectivity index (χ2n) is 5.67. The van der Waals surface area contributed by atoms with Gasteiger partial charge in [0.15, 0.2) is 5.96 Å². The highest BCUT2D eigenvalue weighted by Gasteiger charge is 2.11. The number of thiazole rings is 1. The Morgan fingerprint density at radius 2 is 1.88 bits per heavy atom. The number of benzene rings is 1. The van der Waals surface area contributed by atoms with Crippen molar-refractivity contribution in [2.24, 2.45) is 4.99 Å². The van der Waals surface area contributed by atoms with Crippen LogP contribution in [0.1, 0.15) is 26.9 Å². The molecule has 2 heterocycles. The normalized spacial score (nSPS) is 11.4. The zero-order valence-electron chi connectivity index (χ0n) is 14.8. The number of halogens is 1. The number of hydrogen-bond acceptors (Lipinski definition) is 4. The van der Waals surface area contributed by atoms with Crippen molar-refractivity contribution in [2.75, 3.05) is 7.05 Å². The molecule has 0 aliphatic carbocycles. The standard InChI is InChI=1S/C18H22N4OS.HI/c1-11-14-7-5-6-8-15(14)23-16(11)9-20-18(19-4)21-10-17-12(2)22-13(3)24-17;/h5-8H,9-10H2,1-4H3,(H2,19,20,21);1H. The van der Waals surface area contributed by atoms with Gasteiger partial charge in [-0.3, -0.25) is 4.99 Å². The molecule has 0 saturated heterocycles. The number of guanidine groups is 1. The SMILES string of the molecule is CN=C(NCc1oc2ccccc2c1C)NCc1sc(C)nc1C.I. The summed E-state index contributed by atoms with van der Waals surface area (Å²) in [6.07, 6.45) is 0. The van der Waals surface area contributed by atoms with Gasteiger partial charge in [-0.2, -0.15) is 0 Å². The molecule has 3 rings (SSSR count). The van der Waals surface area contributed by atoms with Crippen LogP contribution in [0.2, 0.25) is 0 Å². The summed E-state index contributed by atoms with van der Waals surface area (Å²) in [6, 6.07) is 8.09. The summed E-state index contributed by atoms with van der Waals surface area (Å²) in [5, 5.41) is 8.89. The molecule has 0 aliphatic rings. The van der Waals surface area contributed by atoms with Crippen LogP contribution in [0.15, 0.2) is 33.7 Å². The van der Waals surface area contributed by atoms with Gasteiger partial charge in [0.05, 0.1) is 23.8 Å². The lowest BCUT2D eigenvalue weighted by Crippen LogP contribution is -2.36. The largest absolute Gasteiger partial charge is 0.459 e. The van der Waals surface area contributed by atoms with E-state index in [1.807, 2.05) is 32.0 Å². The summed E-state index contributed by atoms with van der Waals surface area (Å²) in [7, 11) is 1.77.